The lowest BCUT2D eigenvalue weighted by atomic mass is 10.0. The summed E-state index contributed by atoms with van der Waals surface area (Å²) in [6.07, 6.45) is 22.5. The molecule has 0 aliphatic carbocycles. The SMILES string of the molecule is CCCCCCCCCCCCCCCCCCOP(=O)(O)OC1CC[N+](C)(C(C)C)CC1. The Morgan fingerprint density at radius 2 is 1.18 bits per heavy atom. The van der Waals surface area contributed by atoms with Crippen LogP contribution in [0.3, 0.4) is 0 Å². The molecule has 1 saturated heterocycles. The summed E-state index contributed by atoms with van der Waals surface area (Å²) >= 11 is 0. The van der Waals surface area contributed by atoms with Crippen molar-refractivity contribution in [2.24, 2.45) is 0 Å². The molecule has 1 aliphatic rings. The Morgan fingerprint density at radius 1 is 0.788 bits per heavy atom. The molecule has 5 nitrogen and oxygen atoms in total. The van der Waals surface area contributed by atoms with Crippen LogP contribution in [0.15, 0.2) is 0 Å². The number of quaternary nitrogens is 1. The molecule has 0 aromatic heterocycles. The van der Waals surface area contributed by atoms with E-state index < -0.39 is 7.82 Å². The molecule has 0 amide bonds. The van der Waals surface area contributed by atoms with E-state index in [2.05, 4.69) is 27.8 Å². The second-order valence-electron chi connectivity index (χ2n) is 10.9. The molecule has 0 aromatic rings. The third-order valence-corrected chi connectivity index (χ3v) is 8.78. The van der Waals surface area contributed by atoms with Crippen molar-refractivity contribution >= 4 is 7.82 Å². The van der Waals surface area contributed by atoms with E-state index in [0.29, 0.717) is 12.6 Å². The van der Waals surface area contributed by atoms with Crippen LogP contribution >= 0.6 is 7.82 Å². The Morgan fingerprint density at radius 3 is 1.58 bits per heavy atom. The van der Waals surface area contributed by atoms with Gasteiger partial charge in [-0.1, -0.05) is 103 Å². The van der Waals surface area contributed by atoms with Gasteiger partial charge in [-0.3, -0.25) is 9.05 Å². The van der Waals surface area contributed by atoms with Gasteiger partial charge in [0.05, 0.1) is 38.9 Å². The van der Waals surface area contributed by atoms with Gasteiger partial charge in [0.25, 0.3) is 0 Å². The van der Waals surface area contributed by atoms with E-state index in [9.17, 15) is 9.46 Å². The fourth-order valence-electron chi connectivity index (χ4n) is 4.80. The van der Waals surface area contributed by atoms with Crippen molar-refractivity contribution in [3.05, 3.63) is 0 Å². The van der Waals surface area contributed by atoms with Gasteiger partial charge in [-0.25, -0.2) is 4.57 Å². The van der Waals surface area contributed by atoms with Crippen LogP contribution in [0.25, 0.3) is 0 Å². The molecule has 1 fully saturated rings. The summed E-state index contributed by atoms with van der Waals surface area (Å²) in [5.41, 5.74) is 0. The summed E-state index contributed by atoms with van der Waals surface area (Å²) in [5, 5.41) is 0. The highest BCUT2D eigenvalue weighted by atomic mass is 31.2. The number of hydrogen-bond acceptors (Lipinski definition) is 3. The largest absolute Gasteiger partial charge is 0.472 e. The summed E-state index contributed by atoms with van der Waals surface area (Å²) < 4.78 is 23.9. The highest BCUT2D eigenvalue weighted by Crippen LogP contribution is 2.46. The monoisotopic (exact) mass is 490 g/mol. The second kappa shape index (κ2) is 18.4. The topological polar surface area (TPSA) is 55.8 Å². The first-order valence-corrected chi connectivity index (χ1v) is 15.8. The third-order valence-electron chi connectivity index (χ3n) is 7.71. The number of unbranched alkanes of at least 4 members (excludes halogenated alkanes) is 15. The summed E-state index contributed by atoms with van der Waals surface area (Å²) in [6.45, 7) is 9.04. The smallest absolute Gasteiger partial charge is 0.324 e. The molecule has 0 bridgehead atoms. The molecule has 1 heterocycles. The number of likely N-dealkylation sites (tertiary alicyclic amines) is 1. The van der Waals surface area contributed by atoms with Gasteiger partial charge in [-0.2, -0.15) is 0 Å². The quantitative estimate of drug-likeness (QED) is 0.0997. The molecular weight excluding hydrogens is 433 g/mol. The van der Waals surface area contributed by atoms with E-state index in [4.69, 9.17) is 9.05 Å². The Labute approximate surface area is 206 Å². The number of phosphoric ester groups is 1. The summed E-state index contributed by atoms with van der Waals surface area (Å²) in [7, 11) is -1.67. The lowest BCUT2D eigenvalue weighted by molar-refractivity contribution is -0.934. The minimum atomic E-state index is -3.92. The molecule has 198 valence electrons. The number of rotatable bonds is 21. The van der Waals surface area contributed by atoms with Crippen LogP contribution < -0.4 is 0 Å². The highest BCUT2D eigenvalue weighted by Gasteiger charge is 2.36. The minimum Gasteiger partial charge on any atom is -0.324 e. The molecule has 0 saturated carbocycles. The van der Waals surface area contributed by atoms with E-state index in [0.717, 1.165) is 43.3 Å². The average molecular weight is 491 g/mol. The van der Waals surface area contributed by atoms with Crippen LogP contribution in [0.5, 0.6) is 0 Å². The molecule has 1 aliphatic heterocycles. The first-order valence-electron chi connectivity index (χ1n) is 14.3. The Bertz CT molecular complexity index is 506. The minimum absolute atomic E-state index is 0.156. The maximum atomic E-state index is 12.2. The Balaban J connectivity index is 1.89. The van der Waals surface area contributed by atoms with Crippen LogP contribution in [0.4, 0.5) is 0 Å². The van der Waals surface area contributed by atoms with Crippen LogP contribution in [-0.4, -0.2) is 48.3 Å². The second-order valence-corrected chi connectivity index (χ2v) is 12.3. The zero-order chi connectivity index (χ0) is 24.4. The molecular formula is C27H57NO4P+. The van der Waals surface area contributed by atoms with Gasteiger partial charge in [0, 0.05) is 12.8 Å². The zero-order valence-corrected chi connectivity index (χ0v) is 23.5. The van der Waals surface area contributed by atoms with Crippen molar-refractivity contribution in [3.63, 3.8) is 0 Å². The maximum absolute atomic E-state index is 12.2. The first kappa shape index (κ1) is 31.1. The number of hydrogen-bond donors (Lipinski definition) is 1. The molecule has 1 N–H and O–H groups in total. The van der Waals surface area contributed by atoms with E-state index in [1.165, 1.54) is 89.9 Å². The van der Waals surface area contributed by atoms with Crippen molar-refractivity contribution < 1.29 is 23.0 Å². The van der Waals surface area contributed by atoms with E-state index >= 15 is 0 Å². The normalized spacial score (nSPS) is 23.2. The summed E-state index contributed by atoms with van der Waals surface area (Å²) in [6, 6.07) is 0.568. The van der Waals surface area contributed by atoms with Crippen molar-refractivity contribution in [2.45, 2.75) is 148 Å². The van der Waals surface area contributed by atoms with Gasteiger partial charge in [0.2, 0.25) is 0 Å². The predicted molar refractivity (Wildman–Crippen MR) is 140 cm³/mol. The molecule has 1 rings (SSSR count). The molecule has 6 heteroatoms. The summed E-state index contributed by atoms with van der Waals surface area (Å²) in [4.78, 5) is 10.0. The Hall–Kier alpha value is 0.0700. The fourth-order valence-corrected chi connectivity index (χ4v) is 5.81. The van der Waals surface area contributed by atoms with Gasteiger partial charge >= 0.3 is 7.82 Å². The predicted octanol–water partition coefficient (Wildman–Crippen LogP) is 8.40. The van der Waals surface area contributed by atoms with Crippen LogP contribution in [0, 0.1) is 0 Å². The molecule has 33 heavy (non-hydrogen) atoms. The van der Waals surface area contributed by atoms with Crippen molar-refractivity contribution in [1.82, 2.24) is 0 Å². The van der Waals surface area contributed by atoms with Crippen molar-refractivity contribution in [3.8, 4) is 0 Å². The lowest BCUT2D eigenvalue weighted by Gasteiger charge is -2.43. The summed E-state index contributed by atoms with van der Waals surface area (Å²) in [5.74, 6) is 0. The molecule has 0 spiro atoms. The standard InChI is InChI=1S/C27H56NO4P/c1-5-6-7-8-9-10-11-12-13-14-15-16-17-18-19-20-25-31-33(29,30)32-27-21-23-28(4,24-22-27)26(2)3/h26-27H,5-25H2,1-4H3/p+1. The molecule has 0 radical (unpaired) electrons. The molecule has 0 aromatic carbocycles. The van der Waals surface area contributed by atoms with Crippen molar-refractivity contribution in [1.29, 1.82) is 0 Å². The van der Waals surface area contributed by atoms with Gasteiger partial charge < -0.3 is 9.38 Å². The van der Waals surface area contributed by atoms with Crippen LogP contribution in [-0.2, 0) is 13.6 Å². The number of piperidine rings is 1. The van der Waals surface area contributed by atoms with Crippen LogP contribution in [0.2, 0.25) is 0 Å². The van der Waals surface area contributed by atoms with Crippen LogP contribution in [0.1, 0.15) is 136 Å². The number of phosphoric acid groups is 1. The fraction of sp³-hybridized carbons (Fsp3) is 1.00. The third kappa shape index (κ3) is 15.6. The lowest BCUT2D eigenvalue weighted by Crippen LogP contribution is -2.55. The number of nitrogens with zero attached hydrogens (tertiary/aromatic N) is 1. The van der Waals surface area contributed by atoms with Gasteiger partial charge in [-0.15, -0.1) is 0 Å². The Kier molecular flexibility index (Phi) is 17.3. The van der Waals surface area contributed by atoms with E-state index in [-0.39, 0.29) is 6.10 Å². The van der Waals surface area contributed by atoms with Gasteiger partial charge in [0.15, 0.2) is 0 Å². The highest BCUT2D eigenvalue weighted by molar-refractivity contribution is 7.47. The first-order chi connectivity index (χ1) is 15.8. The zero-order valence-electron chi connectivity index (χ0n) is 22.6. The average Bonchev–Trinajstić information content (AvgIpc) is 2.77. The molecule has 1 unspecified atom stereocenters. The van der Waals surface area contributed by atoms with Crippen molar-refractivity contribution in [2.75, 3.05) is 26.7 Å². The maximum Gasteiger partial charge on any atom is 0.472 e. The van der Waals surface area contributed by atoms with E-state index in [1.807, 2.05) is 0 Å². The molecule has 1 atom stereocenters. The van der Waals surface area contributed by atoms with Gasteiger partial charge in [-0.05, 0) is 20.3 Å². The van der Waals surface area contributed by atoms with E-state index in [1.54, 1.807) is 0 Å². The van der Waals surface area contributed by atoms with Gasteiger partial charge in [0.1, 0.15) is 0 Å².